The van der Waals surface area contributed by atoms with Crippen LogP contribution in [0.4, 0.5) is 13.2 Å². The second-order valence-electron chi connectivity index (χ2n) is 5.40. The molecule has 0 aliphatic heterocycles. The molecule has 0 bridgehead atoms. The Bertz CT molecular complexity index is 663. The first-order chi connectivity index (χ1) is 10.8. The lowest BCUT2D eigenvalue weighted by Gasteiger charge is -2.08. The average Bonchev–Trinajstić information content (AvgIpc) is 2.95. The highest BCUT2D eigenvalue weighted by molar-refractivity contribution is 7.09. The van der Waals surface area contributed by atoms with Gasteiger partial charge in [-0.15, -0.1) is 11.3 Å². The van der Waals surface area contributed by atoms with Gasteiger partial charge in [-0.05, 0) is 30.2 Å². The van der Waals surface area contributed by atoms with Gasteiger partial charge in [0.15, 0.2) is 0 Å². The molecule has 1 aromatic carbocycles. The van der Waals surface area contributed by atoms with Crippen molar-refractivity contribution in [3.05, 3.63) is 51.5 Å². The first-order valence-corrected chi connectivity index (χ1v) is 8.05. The Labute approximate surface area is 136 Å². The molecule has 1 aromatic heterocycles. The molecule has 3 nitrogen and oxygen atoms in total. The van der Waals surface area contributed by atoms with Crippen LogP contribution in [0.1, 0.15) is 46.4 Å². The summed E-state index contributed by atoms with van der Waals surface area (Å²) in [4.78, 5) is 16.4. The number of nitrogens with one attached hydrogen (secondary N) is 1. The van der Waals surface area contributed by atoms with Crippen LogP contribution in [0.3, 0.4) is 0 Å². The minimum absolute atomic E-state index is 0.208. The minimum atomic E-state index is -4.39. The van der Waals surface area contributed by atoms with Crippen LogP contribution in [0.25, 0.3) is 0 Å². The third kappa shape index (κ3) is 4.79. The van der Waals surface area contributed by atoms with E-state index in [-0.39, 0.29) is 11.5 Å². The molecule has 2 aromatic rings. The number of amides is 1. The fourth-order valence-electron chi connectivity index (χ4n) is 1.90. The summed E-state index contributed by atoms with van der Waals surface area (Å²) in [6, 6.07) is 4.17. The van der Waals surface area contributed by atoms with E-state index in [4.69, 9.17) is 0 Å². The van der Waals surface area contributed by atoms with Crippen LogP contribution in [-0.2, 0) is 12.6 Å². The summed E-state index contributed by atoms with van der Waals surface area (Å²) in [5, 5.41) is 5.62. The molecule has 1 heterocycles. The van der Waals surface area contributed by atoms with E-state index in [0.717, 1.165) is 22.8 Å². The molecule has 0 unspecified atom stereocenters. The van der Waals surface area contributed by atoms with Crippen molar-refractivity contribution in [3.63, 3.8) is 0 Å². The van der Waals surface area contributed by atoms with E-state index >= 15 is 0 Å². The van der Waals surface area contributed by atoms with Crippen molar-refractivity contribution in [2.24, 2.45) is 0 Å². The summed E-state index contributed by atoms with van der Waals surface area (Å²) < 4.78 is 37.4. The van der Waals surface area contributed by atoms with Gasteiger partial charge in [-0.25, -0.2) is 4.98 Å². The predicted octanol–water partition coefficient (Wildman–Crippen LogP) is 4.26. The second-order valence-corrected chi connectivity index (χ2v) is 6.34. The molecule has 0 fully saturated rings. The summed E-state index contributed by atoms with van der Waals surface area (Å²) in [5.74, 6) is -0.0268. The van der Waals surface area contributed by atoms with Crippen molar-refractivity contribution in [1.82, 2.24) is 10.3 Å². The monoisotopic (exact) mass is 342 g/mol. The molecule has 0 aliphatic rings. The highest BCUT2D eigenvalue weighted by atomic mass is 32.1. The van der Waals surface area contributed by atoms with Crippen molar-refractivity contribution < 1.29 is 18.0 Å². The van der Waals surface area contributed by atoms with Crippen molar-refractivity contribution in [1.29, 1.82) is 0 Å². The highest BCUT2D eigenvalue weighted by Crippen LogP contribution is 2.29. The Hall–Kier alpha value is -1.89. The zero-order chi connectivity index (χ0) is 17.0. The van der Waals surface area contributed by atoms with Crippen molar-refractivity contribution in [2.75, 3.05) is 6.54 Å². The van der Waals surface area contributed by atoms with E-state index in [1.807, 2.05) is 5.38 Å². The minimum Gasteiger partial charge on any atom is -0.352 e. The smallest absolute Gasteiger partial charge is 0.352 e. The van der Waals surface area contributed by atoms with Crippen LogP contribution in [0.2, 0.25) is 0 Å². The zero-order valence-electron chi connectivity index (χ0n) is 12.8. The summed E-state index contributed by atoms with van der Waals surface area (Å²) in [6.45, 7) is 4.52. The third-order valence-corrected chi connectivity index (χ3v) is 4.19. The first-order valence-electron chi connectivity index (χ1n) is 7.17. The van der Waals surface area contributed by atoms with Crippen LogP contribution in [0.5, 0.6) is 0 Å². The fraction of sp³-hybridized carbons (Fsp3) is 0.375. The number of hydrogen-bond acceptors (Lipinski definition) is 3. The van der Waals surface area contributed by atoms with Crippen LogP contribution in [0.15, 0.2) is 29.6 Å². The maximum atomic E-state index is 12.5. The normalized spacial score (nSPS) is 11.7. The van der Waals surface area contributed by atoms with Crippen LogP contribution < -0.4 is 5.32 Å². The summed E-state index contributed by atoms with van der Waals surface area (Å²) >= 11 is 1.54. The quantitative estimate of drug-likeness (QED) is 0.882. The van der Waals surface area contributed by atoms with E-state index < -0.39 is 11.7 Å². The number of aromatic nitrogens is 1. The van der Waals surface area contributed by atoms with E-state index in [1.54, 1.807) is 11.3 Å². The van der Waals surface area contributed by atoms with Crippen molar-refractivity contribution in [3.8, 4) is 0 Å². The number of rotatable bonds is 5. The van der Waals surface area contributed by atoms with Crippen LogP contribution in [-0.4, -0.2) is 17.4 Å². The molecule has 2 rings (SSSR count). The Morgan fingerprint density at radius 3 is 2.43 bits per heavy atom. The number of carbonyl (C=O) groups excluding carboxylic acids is 1. The molecular formula is C16H17F3N2OS. The molecule has 0 saturated heterocycles. The second kappa shape index (κ2) is 7.12. The van der Waals surface area contributed by atoms with Gasteiger partial charge in [0.05, 0.1) is 16.3 Å². The molecule has 1 amide bonds. The van der Waals surface area contributed by atoms with Gasteiger partial charge in [0.2, 0.25) is 0 Å². The van der Waals surface area contributed by atoms with E-state index in [9.17, 15) is 18.0 Å². The summed E-state index contributed by atoms with van der Waals surface area (Å²) in [6.07, 6.45) is -3.79. The Morgan fingerprint density at radius 2 is 1.91 bits per heavy atom. The van der Waals surface area contributed by atoms with Crippen molar-refractivity contribution >= 4 is 17.2 Å². The summed E-state index contributed by atoms with van der Waals surface area (Å²) in [7, 11) is 0. The number of halogens is 3. The third-order valence-electron chi connectivity index (χ3n) is 3.26. The average molecular weight is 342 g/mol. The van der Waals surface area contributed by atoms with Gasteiger partial charge in [-0.1, -0.05) is 13.8 Å². The van der Waals surface area contributed by atoms with Gasteiger partial charge >= 0.3 is 6.18 Å². The maximum Gasteiger partial charge on any atom is 0.416 e. The molecule has 0 spiro atoms. The first kappa shape index (κ1) is 17.5. The lowest BCUT2D eigenvalue weighted by atomic mass is 10.1. The van der Waals surface area contributed by atoms with Crippen LogP contribution >= 0.6 is 11.3 Å². The largest absolute Gasteiger partial charge is 0.416 e. The van der Waals surface area contributed by atoms with Gasteiger partial charge in [0.1, 0.15) is 0 Å². The molecule has 1 N–H and O–H groups in total. The predicted molar refractivity (Wildman–Crippen MR) is 83.7 cm³/mol. The standard InChI is InChI=1S/C16H17F3N2OS/c1-10(2)13-9-23-14(21-13)7-8-20-15(22)11-3-5-12(6-4-11)16(17,18)19/h3-6,9-10H,7-8H2,1-2H3,(H,20,22). The molecule has 0 aliphatic carbocycles. The Balaban J connectivity index is 1.87. The number of nitrogens with zero attached hydrogens (tertiary/aromatic N) is 1. The van der Waals surface area contributed by atoms with Crippen LogP contribution in [0, 0.1) is 0 Å². The van der Waals surface area contributed by atoms with Gasteiger partial charge in [0, 0.05) is 23.9 Å². The maximum absolute atomic E-state index is 12.5. The van der Waals surface area contributed by atoms with E-state index in [0.29, 0.717) is 18.9 Å². The highest BCUT2D eigenvalue weighted by Gasteiger charge is 2.30. The topological polar surface area (TPSA) is 42.0 Å². The van der Waals surface area contributed by atoms with Gasteiger partial charge in [-0.3, -0.25) is 4.79 Å². The molecule has 0 radical (unpaired) electrons. The van der Waals surface area contributed by atoms with Gasteiger partial charge < -0.3 is 5.32 Å². The lowest BCUT2D eigenvalue weighted by Crippen LogP contribution is -2.25. The number of hydrogen-bond donors (Lipinski definition) is 1. The molecular weight excluding hydrogens is 325 g/mol. The lowest BCUT2D eigenvalue weighted by molar-refractivity contribution is -0.137. The molecule has 124 valence electrons. The van der Waals surface area contributed by atoms with Gasteiger partial charge in [-0.2, -0.15) is 13.2 Å². The number of alkyl halides is 3. The van der Waals surface area contributed by atoms with Crippen molar-refractivity contribution in [2.45, 2.75) is 32.4 Å². The Kier molecular flexibility index (Phi) is 5.41. The fourth-order valence-corrected chi connectivity index (χ4v) is 2.86. The molecule has 0 atom stereocenters. The molecule has 23 heavy (non-hydrogen) atoms. The van der Waals surface area contributed by atoms with E-state index in [2.05, 4.69) is 24.1 Å². The zero-order valence-corrected chi connectivity index (χ0v) is 13.6. The number of thiazole rings is 1. The SMILES string of the molecule is CC(C)c1csc(CCNC(=O)c2ccc(C(F)(F)F)cc2)n1. The van der Waals surface area contributed by atoms with Gasteiger partial charge in [0.25, 0.3) is 5.91 Å². The molecule has 0 saturated carbocycles. The number of carbonyl (C=O) groups is 1. The summed E-state index contributed by atoms with van der Waals surface area (Å²) in [5.41, 5.74) is 0.470. The van der Waals surface area contributed by atoms with E-state index in [1.165, 1.54) is 12.1 Å². The number of benzene rings is 1. The molecule has 7 heteroatoms. The Morgan fingerprint density at radius 1 is 1.26 bits per heavy atom.